The fourth-order valence-electron chi connectivity index (χ4n) is 4.52. The maximum Gasteiger partial charge on any atom is 0.433 e. The van der Waals surface area contributed by atoms with E-state index in [9.17, 15) is 10.1 Å². The molecule has 0 saturated heterocycles. The van der Waals surface area contributed by atoms with Gasteiger partial charge in [0.05, 0.1) is 11.6 Å². The van der Waals surface area contributed by atoms with E-state index in [1.54, 1.807) is 6.07 Å². The summed E-state index contributed by atoms with van der Waals surface area (Å²) in [4.78, 5) is 15.3. The van der Waals surface area contributed by atoms with Gasteiger partial charge in [0.25, 0.3) is 0 Å². The van der Waals surface area contributed by atoms with Crippen LogP contribution in [-0.2, 0) is 0 Å². The zero-order chi connectivity index (χ0) is 16.4. The number of aryl methyl sites for hydroxylation is 1. The second-order valence-corrected chi connectivity index (χ2v) is 6.91. The van der Waals surface area contributed by atoms with Gasteiger partial charge in [-0.3, -0.25) is 10.1 Å². The molecular formula is C19H16N2O3. The third kappa shape index (κ3) is 1.78. The second kappa shape index (κ2) is 4.66. The molecular weight excluding hydrogens is 304 g/mol. The molecule has 5 rings (SSSR count). The molecule has 2 atom stereocenters. The largest absolute Gasteiger partial charge is 0.433 e. The molecule has 5 heteroatoms. The molecule has 2 aliphatic rings. The third-order valence-corrected chi connectivity index (χ3v) is 5.47. The summed E-state index contributed by atoms with van der Waals surface area (Å²) in [6, 6.07) is 9.40. The SMILES string of the molecule is Cc1ccc2nc(-c3ccc([N+](=O)[O-])o3)c3c(c2c1)C1CCC3C1. The van der Waals surface area contributed by atoms with Gasteiger partial charge in [0.15, 0.2) is 5.76 Å². The number of fused-ring (bicyclic) bond motifs is 7. The number of hydrogen-bond acceptors (Lipinski definition) is 4. The Morgan fingerprint density at radius 2 is 1.96 bits per heavy atom. The van der Waals surface area contributed by atoms with Gasteiger partial charge in [0.2, 0.25) is 0 Å². The summed E-state index contributed by atoms with van der Waals surface area (Å²) in [6.45, 7) is 2.10. The lowest BCUT2D eigenvalue weighted by Crippen LogP contribution is -2.04. The molecule has 1 fully saturated rings. The predicted molar refractivity (Wildman–Crippen MR) is 90.2 cm³/mol. The van der Waals surface area contributed by atoms with Crippen molar-refractivity contribution in [3.63, 3.8) is 0 Å². The average Bonchev–Trinajstić information content (AvgIpc) is 3.29. The Morgan fingerprint density at radius 3 is 2.71 bits per heavy atom. The second-order valence-electron chi connectivity index (χ2n) is 6.91. The van der Waals surface area contributed by atoms with E-state index in [2.05, 4.69) is 19.1 Å². The van der Waals surface area contributed by atoms with E-state index in [0.29, 0.717) is 17.6 Å². The van der Waals surface area contributed by atoms with Crippen LogP contribution in [0.15, 0.2) is 34.7 Å². The molecule has 2 unspecified atom stereocenters. The van der Waals surface area contributed by atoms with Crippen molar-refractivity contribution >= 4 is 16.8 Å². The molecule has 2 aliphatic carbocycles. The minimum Gasteiger partial charge on any atom is -0.399 e. The normalized spacial score (nSPS) is 21.4. The number of pyridine rings is 1. The highest BCUT2D eigenvalue weighted by Crippen LogP contribution is 2.57. The molecule has 2 bridgehead atoms. The molecule has 0 N–H and O–H groups in total. The standard InChI is InChI=1S/C19H16N2O3/c1-10-2-5-14-13(8-10)17-11-3-4-12(9-11)18(17)19(20-14)15-6-7-16(24-15)21(22)23/h2,5-8,11-12H,3-4,9H2,1H3. The molecule has 2 heterocycles. The van der Waals surface area contributed by atoms with Gasteiger partial charge in [0, 0.05) is 5.39 Å². The highest BCUT2D eigenvalue weighted by atomic mass is 16.6. The van der Waals surface area contributed by atoms with Crippen LogP contribution in [0.4, 0.5) is 5.88 Å². The van der Waals surface area contributed by atoms with Crippen LogP contribution in [0.5, 0.6) is 0 Å². The van der Waals surface area contributed by atoms with Crippen LogP contribution in [0.25, 0.3) is 22.4 Å². The number of benzene rings is 1. The number of aromatic nitrogens is 1. The quantitative estimate of drug-likeness (QED) is 0.488. The first kappa shape index (κ1) is 13.7. The fourth-order valence-corrected chi connectivity index (χ4v) is 4.52. The zero-order valence-corrected chi connectivity index (χ0v) is 13.3. The fraction of sp³-hybridized carbons (Fsp3) is 0.316. The van der Waals surface area contributed by atoms with Crippen molar-refractivity contribution in [3.05, 3.63) is 57.1 Å². The molecule has 0 spiro atoms. The van der Waals surface area contributed by atoms with Crippen molar-refractivity contribution in [2.45, 2.75) is 38.0 Å². The van der Waals surface area contributed by atoms with Gasteiger partial charge in [-0.1, -0.05) is 11.6 Å². The highest BCUT2D eigenvalue weighted by molar-refractivity contribution is 5.89. The molecule has 5 nitrogen and oxygen atoms in total. The van der Waals surface area contributed by atoms with E-state index >= 15 is 0 Å². The van der Waals surface area contributed by atoms with E-state index < -0.39 is 4.92 Å². The Morgan fingerprint density at radius 1 is 1.17 bits per heavy atom. The van der Waals surface area contributed by atoms with E-state index in [-0.39, 0.29) is 5.88 Å². The monoisotopic (exact) mass is 320 g/mol. The number of hydrogen-bond donors (Lipinski definition) is 0. The Kier molecular flexibility index (Phi) is 2.66. The molecule has 120 valence electrons. The summed E-state index contributed by atoms with van der Waals surface area (Å²) in [6.07, 6.45) is 3.56. The van der Waals surface area contributed by atoms with Crippen LogP contribution in [0.2, 0.25) is 0 Å². The Labute approximate surface area is 138 Å². The van der Waals surface area contributed by atoms with Crippen LogP contribution in [0.1, 0.15) is 47.8 Å². The summed E-state index contributed by atoms with van der Waals surface area (Å²) < 4.78 is 5.48. The molecule has 0 aliphatic heterocycles. The molecule has 24 heavy (non-hydrogen) atoms. The molecule has 0 amide bonds. The Hall–Kier alpha value is -2.69. The first-order valence-corrected chi connectivity index (χ1v) is 8.30. The Bertz CT molecular complexity index is 1010. The topological polar surface area (TPSA) is 69.2 Å². The first-order valence-electron chi connectivity index (χ1n) is 8.30. The van der Waals surface area contributed by atoms with Crippen molar-refractivity contribution in [2.24, 2.45) is 0 Å². The molecule has 1 saturated carbocycles. The Balaban J connectivity index is 1.82. The van der Waals surface area contributed by atoms with Gasteiger partial charge in [0.1, 0.15) is 10.6 Å². The first-order chi connectivity index (χ1) is 11.6. The van der Waals surface area contributed by atoms with Gasteiger partial charge in [-0.15, -0.1) is 0 Å². The van der Waals surface area contributed by atoms with Gasteiger partial charge in [-0.2, -0.15) is 0 Å². The zero-order valence-electron chi connectivity index (χ0n) is 13.3. The van der Waals surface area contributed by atoms with Gasteiger partial charge < -0.3 is 4.42 Å². The highest BCUT2D eigenvalue weighted by Gasteiger charge is 2.41. The van der Waals surface area contributed by atoms with E-state index in [0.717, 1.165) is 11.2 Å². The lowest BCUT2D eigenvalue weighted by molar-refractivity contribution is -0.401. The van der Waals surface area contributed by atoms with Crippen LogP contribution in [0, 0.1) is 17.0 Å². The van der Waals surface area contributed by atoms with Crippen molar-refractivity contribution in [3.8, 4) is 11.5 Å². The average molecular weight is 320 g/mol. The minimum absolute atomic E-state index is 0.229. The van der Waals surface area contributed by atoms with Gasteiger partial charge >= 0.3 is 5.88 Å². The van der Waals surface area contributed by atoms with Crippen molar-refractivity contribution < 1.29 is 9.34 Å². The van der Waals surface area contributed by atoms with Crippen molar-refractivity contribution in [2.75, 3.05) is 0 Å². The van der Waals surface area contributed by atoms with Crippen LogP contribution >= 0.6 is 0 Å². The minimum atomic E-state index is -0.500. The molecule has 2 aromatic heterocycles. The number of nitrogens with zero attached hydrogens (tertiary/aromatic N) is 2. The summed E-state index contributed by atoms with van der Waals surface area (Å²) in [7, 11) is 0. The summed E-state index contributed by atoms with van der Waals surface area (Å²) in [5.74, 6) is 1.36. The predicted octanol–water partition coefficient (Wildman–Crippen LogP) is 5.08. The van der Waals surface area contributed by atoms with Crippen LogP contribution < -0.4 is 0 Å². The molecule has 1 aromatic carbocycles. The summed E-state index contributed by atoms with van der Waals surface area (Å²) in [5.41, 5.74) is 5.63. The number of furan rings is 1. The lowest BCUT2D eigenvalue weighted by Gasteiger charge is -2.20. The smallest absolute Gasteiger partial charge is 0.399 e. The maximum atomic E-state index is 10.9. The van der Waals surface area contributed by atoms with Crippen LogP contribution in [-0.4, -0.2) is 9.91 Å². The van der Waals surface area contributed by atoms with E-state index in [1.165, 1.54) is 47.4 Å². The van der Waals surface area contributed by atoms with Crippen LogP contribution in [0.3, 0.4) is 0 Å². The summed E-state index contributed by atoms with van der Waals surface area (Å²) >= 11 is 0. The summed E-state index contributed by atoms with van der Waals surface area (Å²) in [5, 5.41) is 12.2. The third-order valence-electron chi connectivity index (χ3n) is 5.47. The molecule has 0 radical (unpaired) electrons. The number of nitro groups is 1. The van der Waals surface area contributed by atoms with Gasteiger partial charge in [-0.05, 0) is 67.3 Å². The lowest BCUT2D eigenvalue weighted by atomic mass is 9.87. The molecule has 3 aromatic rings. The van der Waals surface area contributed by atoms with E-state index in [4.69, 9.17) is 9.40 Å². The number of rotatable bonds is 2. The van der Waals surface area contributed by atoms with Crippen molar-refractivity contribution in [1.82, 2.24) is 4.98 Å². The van der Waals surface area contributed by atoms with Crippen molar-refractivity contribution in [1.29, 1.82) is 0 Å². The van der Waals surface area contributed by atoms with Gasteiger partial charge in [-0.25, -0.2) is 4.98 Å². The maximum absolute atomic E-state index is 10.9. The van der Waals surface area contributed by atoms with E-state index in [1.807, 2.05) is 6.07 Å².